The molecule has 2 aromatic carbocycles. The van der Waals surface area contributed by atoms with Crippen LogP contribution in [0.3, 0.4) is 0 Å². The maximum Gasteiger partial charge on any atom is 0.322 e. The summed E-state index contributed by atoms with van der Waals surface area (Å²) in [5.41, 5.74) is 1.91. The number of alkyl halides is 4. The van der Waals surface area contributed by atoms with Gasteiger partial charge in [-0.1, -0.05) is 18.2 Å². The number of hydrogen-bond donors (Lipinski definition) is 0. The van der Waals surface area contributed by atoms with Crippen LogP contribution >= 0.6 is 0 Å². The van der Waals surface area contributed by atoms with Gasteiger partial charge >= 0.3 is 12.3 Å². The summed E-state index contributed by atoms with van der Waals surface area (Å²) in [6.45, 7) is 0.720. The molecule has 0 radical (unpaired) electrons. The maximum atomic E-state index is 13.8. The summed E-state index contributed by atoms with van der Waals surface area (Å²) in [7, 11) is 0. The molecule has 0 spiro atoms. The summed E-state index contributed by atoms with van der Waals surface area (Å²) in [4.78, 5) is 28.5. The van der Waals surface area contributed by atoms with Crippen LogP contribution in [-0.2, 0) is 11.3 Å². The van der Waals surface area contributed by atoms with Crippen LogP contribution in [0, 0.1) is 5.82 Å². The molecule has 0 saturated carbocycles. The standard InChI is InChI=1S/C25H21F5N4O3/c1-25(29,30)24(36)33-9-8-19(18(12-33)13-4-6-16(26)7-5-13)34-11-15-3-2-14(10-17(15)23(34)35)21-31-32-22(37-21)20(27)28/h2-7,10,18-20H,8-9,11-12H2,1H3/t18-,19+/m0/s1. The Morgan fingerprint density at radius 2 is 1.86 bits per heavy atom. The fourth-order valence-corrected chi connectivity index (χ4v) is 4.98. The van der Waals surface area contributed by atoms with Crippen molar-refractivity contribution < 1.29 is 36.0 Å². The zero-order chi connectivity index (χ0) is 26.5. The SMILES string of the molecule is CC(F)(F)C(=O)N1CC[C@@H](N2Cc3ccc(-c4nnc(C(F)F)o4)cc3C2=O)[C@H](c2ccc(F)cc2)C1. The van der Waals surface area contributed by atoms with Crippen molar-refractivity contribution in [1.29, 1.82) is 0 Å². The van der Waals surface area contributed by atoms with E-state index in [0.29, 0.717) is 29.2 Å². The van der Waals surface area contributed by atoms with Gasteiger partial charge in [0.15, 0.2) is 0 Å². The fourth-order valence-electron chi connectivity index (χ4n) is 4.98. The van der Waals surface area contributed by atoms with Gasteiger partial charge in [-0.05, 0) is 41.8 Å². The third-order valence-electron chi connectivity index (χ3n) is 6.75. The maximum absolute atomic E-state index is 13.8. The van der Waals surface area contributed by atoms with E-state index in [1.807, 2.05) is 0 Å². The van der Waals surface area contributed by atoms with Crippen LogP contribution < -0.4 is 0 Å². The molecule has 0 unspecified atom stereocenters. The molecule has 1 fully saturated rings. The van der Waals surface area contributed by atoms with Crippen molar-refractivity contribution in [2.24, 2.45) is 0 Å². The number of nitrogens with zero attached hydrogens (tertiary/aromatic N) is 4. The monoisotopic (exact) mass is 520 g/mol. The lowest BCUT2D eigenvalue weighted by atomic mass is 9.84. The minimum Gasteiger partial charge on any atom is -0.415 e. The molecule has 2 atom stereocenters. The number of carbonyl (C=O) groups is 2. The van der Waals surface area contributed by atoms with Crippen LogP contribution in [0.4, 0.5) is 22.0 Å². The highest BCUT2D eigenvalue weighted by Gasteiger charge is 2.45. The van der Waals surface area contributed by atoms with Crippen molar-refractivity contribution in [2.75, 3.05) is 13.1 Å². The number of benzene rings is 2. The molecule has 2 aliphatic heterocycles. The number of hydrogen-bond acceptors (Lipinski definition) is 5. The van der Waals surface area contributed by atoms with Crippen molar-refractivity contribution >= 4 is 11.8 Å². The molecule has 0 aliphatic carbocycles. The zero-order valence-corrected chi connectivity index (χ0v) is 19.5. The van der Waals surface area contributed by atoms with Crippen LogP contribution in [-0.4, -0.2) is 56.9 Å². The van der Waals surface area contributed by atoms with E-state index in [-0.39, 0.29) is 37.9 Å². The van der Waals surface area contributed by atoms with E-state index in [1.165, 1.54) is 30.3 Å². The summed E-state index contributed by atoms with van der Waals surface area (Å²) in [5.74, 6) is -7.19. The largest absolute Gasteiger partial charge is 0.415 e. The molecule has 3 aromatic rings. The first kappa shape index (κ1) is 24.8. The zero-order valence-electron chi connectivity index (χ0n) is 19.5. The van der Waals surface area contributed by atoms with Gasteiger partial charge in [-0.2, -0.15) is 17.6 Å². The number of likely N-dealkylation sites (tertiary alicyclic amines) is 1. The van der Waals surface area contributed by atoms with Crippen molar-refractivity contribution in [3.63, 3.8) is 0 Å². The van der Waals surface area contributed by atoms with E-state index in [0.717, 1.165) is 4.90 Å². The van der Waals surface area contributed by atoms with Crippen LogP contribution in [0.2, 0.25) is 0 Å². The highest BCUT2D eigenvalue weighted by Crippen LogP contribution is 2.38. The lowest BCUT2D eigenvalue weighted by molar-refractivity contribution is -0.156. The lowest BCUT2D eigenvalue weighted by Gasteiger charge is -2.43. The van der Waals surface area contributed by atoms with E-state index < -0.39 is 41.9 Å². The smallest absolute Gasteiger partial charge is 0.322 e. The summed E-state index contributed by atoms with van der Waals surface area (Å²) in [5, 5.41) is 6.93. The molecule has 1 aromatic heterocycles. The predicted molar refractivity (Wildman–Crippen MR) is 119 cm³/mol. The third-order valence-corrected chi connectivity index (χ3v) is 6.75. The lowest BCUT2D eigenvalue weighted by Crippen LogP contribution is -2.54. The number of rotatable bonds is 5. The van der Waals surface area contributed by atoms with Gasteiger partial charge < -0.3 is 14.2 Å². The Morgan fingerprint density at radius 3 is 2.51 bits per heavy atom. The molecule has 1 saturated heterocycles. The molecule has 5 rings (SSSR count). The van der Waals surface area contributed by atoms with E-state index in [2.05, 4.69) is 10.2 Å². The van der Waals surface area contributed by atoms with Crippen molar-refractivity contribution in [2.45, 2.75) is 44.2 Å². The van der Waals surface area contributed by atoms with Gasteiger partial charge in [0, 0.05) is 49.6 Å². The van der Waals surface area contributed by atoms with Crippen LogP contribution in [0.15, 0.2) is 46.9 Å². The van der Waals surface area contributed by atoms with E-state index >= 15 is 0 Å². The highest BCUT2D eigenvalue weighted by molar-refractivity contribution is 5.99. The highest BCUT2D eigenvalue weighted by atomic mass is 19.3. The average Bonchev–Trinajstić information content (AvgIpc) is 3.48. The van der Waals surface area contributed by atoms with Crippen LogP contribution in [0.1, 0.15) is 53.1 Å². The quantitative estimate of drug-likeness (QED) is 0.452. The van der Waals surface area contributed by atoms with E-state index in [4.69, 9.17) is 4.42 Å². The predicted octanol–water partition coefficient (Wildman–Crippen LogP) is 4.81. The van der Waals surface area contributed by atoms with Crippen LogP contribution in [0.25, 0.3) is 11.5 Å². The molecule has 7 nitrogen and oxygen atoms in total. The van der Waals surface area contributed by atoms with Crippen molar-refractivity contribution in [3.05, 3.63) is 70.9 Å². The first-order valence-electron chi connectivity index (χ1n) is 11.5. The molecular weight excluding hydrogens is 499 g/mol. The third kappa shape index (κ3) is 4.67. The van der Waals surface area contributed by atoms with Gasteiger partial charge in [-0.15, -0.1) is 10.2 Å². The molecule has 2 aliphatic rings. The molecule has 0 N–H and O–H groups in total. The summed E-state index contributed by atoms with van der Waals surface area (Å²) < 4.78 is 71.8. The van der Waals surface area contributed by atoms with Crippen molar-refractivity contribution in [3.8, 4) is 11.5 Å². The van der Waals surface area contributed by atoms with E-state index in [1.54, 1.807) is 17.0 Å². The number of carbonyl (C=O) groups excluding carboxylic acids is 2. The fraction of sp³-hybridized carbons (Fsp3) is 0.360. The molecule has 194 valence electrons. The van der Waals surface area contributed by atoms with Gasteiger partial charge in [0.2, 0.25) is 5.89 Å². The second-order valence-electron chi connectivity index (χ2n) is 9.20. The topological polar surface area (TPSA) is 79.5 Å². The second-order valence-corrected chi connectivity index (χ2v) is 9.20. The summed E-state index contributed by atoms with van der Waals surface area (Å²) in [6, 6.07) is 9.80. The number of fused-ring (bicyclic) bond motifs is 1. The average molecular weight is 520 g/mol. The Morgan fingerprint density at radius 1 is 1.14 bits per heavy atom. The minimum absolute atomic E-state index is 0.0222. The summed E-state index contributed by atoms with van der Waals surface area (Å²) >= 11 is 0. The molecule has 0 bridgehead atoms. The number of piperidine rings is 1. The van der Waals surface area contributed by atoms with Gasteiger partial charge in [0.25, 0.3) is 17.7 Å². The number of amides is 2. The molecule has 12 heteroatoms. The Hall–Kier alpha value is -3.83. The second kappa shape index (κ2) is 9.24. The Kier molecular flexibility index (Phi) is 6.20. The van der Waals surface area contributed by atoms with Gasteiger partial charge in [-0.3, -0.25) is 9.59 Å². The molecule has 2 amide bonds. The summed E-state index contributed by atoms with van der Waals surface area (Å²) in [6.07, 6.45) is -2.70. The number of halogens is 5. The Bertz CT molecular complexity index is 1340. The van der Waals surface area contributed by atoms with Crippen LogP contribution in [0.5, 0.6) is 0 Å². The van der Waals surface area contributed by atoms with E-state index in [9.17, 15) is 31.5 Å². The van der Waals surface area contributed by atoms with Crippen molar-refractivity contribution in [1.82, 2.24) is 20.0 Å². The first-order chi connectivity index (χ1) is 17.5. The normalized spacial score (nSPS) is 20.0. The van der Waals surface area contributed by atoms with Gasteiger partial charge in [0.05, 0.1) is 0 Å². The molecular formula is C25H21F5N4O3. The minimum atomic E-state index is -3.55. The Labute approximate surface area is 207 Å². The number of aromatic nitrogens is 2. The molecule has 3 heterocycles. The Balaban J connectivity index is 1.43. The van der Waals surface area contributed by atoms with Gasteiger partial charge in [-0.25, -0.2) is 4.39 Å². The molecule has 37 heavy (non-hydrogen) atoms. The first-order valence-corrected chi connectivity index (χ1v) is 11.5. The van der Waals surface area contributed by atoms with Gasteiger partial charge in [0.1, 0.15) is 5.82 Å².